The Morgan fingerprint density at radius 3 is 2.43 bits per heavy atom. The monoisotopic (exact) mass is 220 g/mol. The van der Waals surface area contributed by atoms with Crippen LogP contribution < -0.4 is 5.73 Å². The van der Waals surface area contributed by atoms with Crippen LogP contribution >= 0.6 is 0 Å². The standard InChI is InChI=1S/C8H16N2O3S/c1-6-3-4-7(8(9)11)5-10(6)14(2,12)13/h6-7H,3-5H2,1-2H3,(H2,9,11). The molecule has 2 N–H and O–H groups in total. The van der Waals surface area contributed by atoms with E-state index in [1.54, 1.807) is 0 Å². The Bertz CT molecular complexity index is 325. The quantitative estimate of drug-likeness (QED) is 0.683. The minimum atomic E-state index is -3.22. The summed E-state index contributed by atoms with van der Waals surface area (Å²) in [6.07, 6.45) is 2.54. The number of carbonyl (C=O) groups is 1. The summed E-state index contributed by atoms with van der Waals surface area (Å²) < 4.78 is 24.0. The van der Waals surface area contributed by atoms with Crippen molar-refractivity contribution in [2.24, 2.45) is 11.7 Å². The summed E-state index contributed by atoms with van der Waals surface area (Å²) in [6, 6.07) is -0.0272. The molecule has 1 aliphatic rings. The number of rotatable bonds is 2. The maximum absolute atomic E-state index is 11.3. The van der Waals surface area contributed by atoms with Crippen molar-refractivity contribution in [2.45, 2.75) is 25.8 Å². The number of nitrogens with zero attached hydrogens (tertiary/aromatic N) is 1. The molecule has 0 aromatic carbocycles. The smallest absolute Gasteiger partial charge is 0.221 e. The molecule has 0 radical (unpaired) electrons. The minimum Gasteiger partial charge on any atom is -0.369 e. The molecule has 0 aromatic heterocycles. The van der Waals surface area contributed by atoms with E-state index in [-0.39, 0.29) is 18.5 Å². The van der Waals surface area contributed by atoms with Crippen LogP contribution in [0.15, 0.2) is 0 Å². The number of hydrogen-bond donors (Lipinski definition) is 1. The molecule has 1 heterocycles. The summed E-state index contributed by atoms with van der Waals surface area (Å²) in [5, 5.41) is 0. The first-order valence-electron chi connectivity index (χ1n) is 4.58. The third kappa shape index (κ3) is 2.45. The number of primary amides is 1. The van der Waals surface area contributed by atoms with Crippen LogP contribution in [0.3, 0.4) is 0 Å². The fourth-order valence-corrected chi connectivity index (χ4v) is 2.98. The molecule has 2 unspecified atom stereocenters. The third-order valence-electron chi connectivity index (χ3n) is 2.65. The number of amides is 1. The maximum Gasteiger partial charge on any atom is 0.221 e. The zero-order valence-electron chi connectivity index (χ0n) is 8.43. The first-order valence-corrected chi connectivity index (χ1v) is 6.43. The van der Waals surface area contributed by atoms with Gasteiger partial charge in [0.15, 0.2) is 0 Å². The predicted molar refractivity (Wildman–Crippen MR) is 52.9 cm³/mol. The molecule has 0 spiro atoms. The molecular weight excluding hydrogens is 204 g/mol. The Labute approximate surface area is 84.3 Å². The highest BCUT2D eigenvalue weighted by Gasteiger charge is 2.33. The van der Waals surface area contributed by atoms with Gasteiger partial charge < -0.3 is 5.73 Å². The first-order chi connectivity index (χ1) is 6.32. The van der Waals surface area contributed by atoms with Crippen LogP contribution in [0.25, 0.3) is 0 Å². The second-order valence-electron chi connectivity index (χ2n) is 3.86. The lowest BCUT2D eigenvalue weighted by atomic mass is 9.95. The van der Waals surface area contributed by atoms with Crippen molar-refractivity contribution in [2.75, 3.05) is 12.8 Å². The molecule has 5 nitrogen and oxygen atoms in total. The van der Waals surface area contributed by atoms with Gasteiger partial charge in [-0.2, -0.15) is 4.31 Å². The number of sulfonamides is 1. The first kappa shape index (κ1) is 11.5. The molecule has 0 aromatic rings. The highest BCUT2D eigenvalue weighted by Crippen LogP contribution is 2.23. The lowest BCUT2D eigenvalue weighted by Crippen LogP contribution is -2.48. The molecule has 6 heteroatoms. The summed E-state index contributed by atoms with van der Waals surface area (Å²) in [4.78, 5) is 10.9. The van der Waals surface area contributed by atoms with Gasteiger partial charge in [-0.05, 0) is 19.8 Å². The van der Waals surface area contributed by atoms with Crippen LogP contribution in [-0.2, 0) is 14.8 Å². The predicted octanol–water partition coefficient (Wildman–Crippen LogP) is -0.468. The molecule has 2 atom stereocenters. The molecule has 14 heavy (non-hydrogen) atoms. The maximum atomic E-state index is 11.3. The summed E-state index contributed by atoms with van der Waals surface area (Å²) in [5.41, 5.74) is 5.16. The van der Waals surface area contributed by atoms with Gasteiger partial charge in [0.1, 0.15) is 0 Å². The topological polar surface area (TPSA) is 80.5 Å². The van der Waals surface area contributed by atoms with Crippen molar-refractivity contribution in [1.29, 1.82) is 0 Å². The van der Waals surface area contributed by atoms with Gasteiger partial charge in [-0.1, -0.05) is 0 Å². The van der Waals surface area contributed by atoms with Crippen molar-refractivity contribution in [3.05, 3.63) is 0 Å². The highest BCUT2D eigenvalue weighted by atomic mass is 32.2. The van der Waals surface area contributed by atoms with E-state index in [2.05, 4.69) is 0 Å². The molecule has 1 aliphatic heterocycles. The molecule has 0 bridgehead atoms. The SMILES string of the molecule is CC1CCC(C(N)=O)CN1S(C)(=O)=O. The average molecular weight is 220 g/mol. The van der Waals surface area contributed by atoms with Crippen LogP contribution in [0.4, 0.5) is 0 Å². The van der Waals surface area contributed by atoms with Gasteiger partial charge in [-0.15, -0.1) is 0 Å². The fraction of sp³-hybridized carbons (Fsp3) is 0.875. The van der Waals surface area contributed by atoms with Gasteiger partial charge in [0.05, 0.1) is 12.2 Å². The second-order valence-corrected chi connectivity index (χ2v) is 5.79. The van der Waals surface area contributed by atoms with E-state index in [0.29, 0.717) is 12.8 Å². The van der Waals surface area contributed by atoms with E-state index < -0.39 is 15.9 Å². The lowest BCUT2D eigenvalue weighted by Gasteiger charge is -2.34. The van der Waals surface area contributed by atoms with E-state index in [9.17, 15) is 13.2 Å². The van der Waals surface area contributed by atoms with E-state index >= 15 is 0 Å². The molecule has 1 rings (SSSR count). The number of piperidine rings is 1. The van der Waals surface area contributed by atoms with Crippen molar-refractivity contribution in [1.82, 2.24) is 4.31 Å². The van der Waals surface area contributed by atoms with Crippen molar-refractivity contribution in [3.63, 3.8) is 0 Å². The Morgan fingerprint density at radius 2 is 2.00 bits per heavy atom. The van der Waals surface area contributed by atoms with Crippen LogP contribution in [0.5, 0.6) is 0 Å². The zero-order valence-corrected chi connectivity index (χ0v) is 9.25. The Balaban J connectivity index is 2.80. The largest absolute Gasteiger partial charge is 0.369 e. The summed E-state index contributed by atoms with van der Waals surface area (Å²) in [7, 11) is -3.22. The summed E-state index contributed by atoms with van der Waals surface area (Å²) >= 11 is 0. The molecule has 82 valence electrons. The van der Waals surface area contributed by atoms with E-state index in [1.165, 1.54) is 4.31 Å². The van der Waals surface area contributed by atoms with Gasteiger partial charge >= 0.3 is 0 Å². The van der Waals surface area contributed by atoms with Crippen molar-refractivity contribution in [3.8, 4) is 0 Å². The molecule has 1 saturated heterocycles. The second kappa shape index (κ2) is 3.86. The normalized spacial score (nSPS) is 30.1. The van der Waals surface area contributed by atoms with Gasteiger partial charge in [0.2, 0.25) is 15.9 Å². The van der Waals surface area contributed by atoms with Gasteiger partial charge in [-0.3, -0.25) is 4.79 Å². The number of carbonyl (C=O) groups excluding carboxylic acids is 1. The van der Waals surface area contributed by atoms with Gasteiger partial charge in [0, 0.05) is 12.6 Å². The van der Waals surface area contributed by atoms with Crippen molar-refractivity contribution < 1.29 is 13.2 Å². The number of hydrogen-bond acceptors (Lipinski definition) is 3. The summed E-state index contributed by atoms with van der Waals surface area (Å²) in [5.74, 6) is -0.744. The van der Waals surface area contributed by atoms with Crippen LogP contribution in [0.1, 0.15) is 19.8 Å². The molecule has 1 amide bonds. The van der Waals surface area contributed by atoms with Gasteiger partial charge in [-0.25, -0.2) is 8.42 Å². The Morgan fingerprint density at radius 1 is 1.43 bits per heavy atom. The van der Waals surface area contributed by atoms with E-state index in [1.807, 2.05) is 6.92 Å². The van der Waals surface area contributed by atoms with Crippen molar-refractivity contribution >= 4 is 15.9 Å². The molecule has 0 aliphatic carbocycles. The van der Waals surface area contributed by atoms with Crippen LogP contribution in [0, 0.1) is 5.92 Å². The van der Waals surface area contributed by atoms with Crippen LogP contribution in [-0.4, -0.2) is 37.5 Å². The van der Waals surface area contributed by atoms with E-state index in [4.69, 9.17) is 5.73 Å². The Kier molecular flexibility index (Phi) is 3.16. The third-order valence-corrected chi connectivity index (χ3v) is 4.01. The lowest BCUT2D eigenvalue weighted by molar-refractivity contribution is -0.123. The number of nitrogens with two attached hydrogens (primary N) is 1. The minimum absolute atomic E-state index is 0.0272. The van der Waals surface area contributed by atoms with E-state index in [0.717, 1.165) is 6.26 Å². The van der Waals surface area contributed by atoms with Crippen LogP contribution in [0.2, 0.25) is 0 Å². The molecular formula is C8H16N2O3S. The van der Waals surface area contributed by atoms with Gasteiger partial charge in [0.25, 0.3) is 0 Å². The molecule has 0 saturated carbocycles. The highest BCUT2D eigenvalue weighted by molar-refractivity contribution is 7.88. The Hall–Kier alpha value is -0.620. The fourth-order valence-electron chi connectivity index (χ4n) is 1.77. The molecule has 1 fully saturated rings. The zero-order chi connectivity index (χ0) is 10.9. The summed E-state index contributed by atoms with van der Waals surface area (Å²) in [6.45, 7) is 2.08. The average Bonchev–Trinajstić information content (AvgIpc) is 2.02.